The van der Waals surface area contributed by atoms with E-state index in [2.05, 4.69) is 0 Å². The van der Waals surface area contributed by atoms with Gasteiger partial charge in [-0.15, -0.1) is 0 Å². The van der Waals surface area contributed by atoms with Gasteiger partial charge in [-0.25, -0.2) is 0 Å². The topological polar surface area (TPSA) is 49.5 Å². The number of nitrogens with two attached hydrogens (primary N) is 1. The first-order valence-electron chi connectivity index (χ1n) is 4.89. The van der Waals surface area contributed by atoms with Crippen molar-refractivity contribution in [2.75, 3.05) is 25.6 Å². The molecule has 0 saturated heterocycles. The first kappa shape index (κ1) is 12.3. The monoisotopic (exact) mass is 228 g/mol. The molecule has 1 aromatic carbocycles. The highest BCUT2D eigenvalue weighted by Crippen LogP contribution is 2.27. The molecular formula is C11H17ClN2O. The maximum absolute atomic E-state index is 8.80. The van der Waals surface area contributed by atoms with E-state index >= 15 is 0 Å². The zero-order valence-corrected chi connectivity index (χ0v) is 9.83. The van der Waals surface area contributed by atoms with Crippen LogP contribution in [0.25, 0.3) is 0 Å². The van der Waals surface area contributed by atoms with E-state index in [0.29, 0.717) is 11.4 Å². The Hall–Kier alpha value is -0.770. The van der Waals surface area contributed by atoms with Crippen molar-refractivity contribution in [2.24, 2.45) is 5.73 Å². The van der Waals surface area contributed by atoms with E-state index in [1.165, 1.54) is 0 Å². The number of hydrogen-bond donors (Lipinski definition) is 2. The number of rotatable bonds is 4. The van der Waals surface area contributed by atoms with Crippen molar-refractivity contribution in [1.29, 1.82) is 0 Å². The summed E-state index contributed by atoms with van der Waals surface area (Å²) in [5, 5.41) is 9.46. The lowest BCUT2D eigenvalue weighted by Gasteiger charge is -2.17. The average Bonchev–Trinajstić information content (AvgIpc) is 2.17. The molecule has 0 amide bonds. The Bertz CT molecular complexity index is 328. The van der Waals surface area contributed by atoms with Crippen molar-refractivity contribution < 1.29 is 5.11 Å². The van der Waals surface area contributed by atoms with Crippen molar-refractivity contribution >= 4 is 17.3 Å². The van der Waals surface area contributed by atoms with Gasteiger partial charge in [0, 0.05) is 37.5 Å². The standard InChI is InChI=1S/C11H17ClN2O/c1-14(2)8-3-4-9(10(12)7-8)11(13)5-6-15/h3-4,7,11,15H,5-6,13H2,1-2H3/t11-/m0/s1. The molecule has 0 bridgehead atoms. The first-order valence-corrected chi connectivity index (χ1v) is 5.27. The quantitative estimate of drug-likeness (QED) is 0.826. The SMILES string of the molecule is CN(C)c1ccc([C@@H](N)CCO)c(Cl)c1. The van der Waals surface area contributed by atoms with Gasteiger partial charge in [-0.2, -0.15) is 0 Å². The maximum atomic E-state index is 8.80. The number of nitrogens with zero attached hydrogens (tertiary/aromatic N) is 1. The van der Waals surface area contributed by atoms with E-state index in [-0.39, 0.29) is 12.6 Å². The summed E-state index contributed by atoms with van der Waals surface area (Å²) in [5.41, 5.74) is 7.80. The fraction of sp³-hybridized carbons (Fsp3) is 0.455. The average molecular weight is 229 g/mol. The summed E-state index contributed by atoms with van der Waals surface area (Å²) < 4.78 is 0. The Morgan fingerprint density at radius 3 is 2.60 bits per heavy atom. The molecule has 1 aromatic rings. The van der Waals surface area contributed by atoms with Crippen LogP contribution in [0.2, 0.25) is 5.02 Å². The minimum absolute atomic E-state index is 0.0763. The largest absolute Gasteiger partial charge is 0.396 e. The van der Waals surface area contributed by atoms with Crippen LogP contribution in [0.15, 0.2) is 18.2 Å². The maximum Gasteiger partial charge on any atom is 0.0474 e. The van der Waals surface area contributed by atoms with Crippen LogP contribution in [-0.4, -0.2) is 25.8 Å². The van der Waals surface area contributed by atoms with E-state index < -0.39 is 0 Å². The number of halogens is 1. The van der Waals surface area contributed by atoms with Gasteiger partial charge in [0.05, 0.1) is 0 Å². The van der Waals surface area contributed by atoms with Crippen molar-refractivity contribution in [2.45, 2.75) is 12.5 Å². The van der Waals surface area contributed by atoms with Crippen LogP contribution in [-0.2, 0) is 0 Å². The van der Waals surface area contributed by atoms with E-state index in [0.717, 1.165) is 11.3 Å². The van der Waals surface area contributed by atoms with Crippen molar-refractivity contribution in [3.63, 3.8) is 0 Å². The van der Waals surface area contributed by atoms with E-state index in [1.54, 1.807) is 0 Å². The first-order chi connectivity index (χ1) is 7.06. The summed E-state index contributed by atoms with van der Waals surface area (Å²) in [5.74, 6) is 0. The molecule has 0 saturated carbocycles. The molecule has 0 heterocycles. The summed E-state index contributed by atoms with van der Waals surface area (Å²) in [6.45, 7) is 0.0763. The van der Waals surface area contributed by atoms with Gasteiger partial charge in [0.2, 0.25) is 0 Å². The van der Waals surface area contributed by atoms with Crippen LogP contribution in [0.5, 0.6) is 0 Å². The predicted molar refractivity (Wildman–Crippen MR) is 64.4 cm³/mol. The van der Waals surface area contributed by atoms with E-state index in [4.69, 9.17) is 22.4 Å². The highest BCUT2D eigenvalue weighted by Gasteiger charge is 2.10. The predicted octanol–water partition coefficient (Wildman–Crippen LogP) is 1.79. The molecule has 1 rings (SSSR count). The summed E-state index contributed by atoms with van der Waals surface area (Å²) in [7, 11) is 3.91. The molecule has 84 valence electrons. The van der Waals surface area contributed by atoms with Crippen molar-refractivity contribution in [3.8, 4) is 0 Å². The molecule has 0 aromatic heterocycles. The van der Waals surface area contributed by atoms with Gasteiger partial charge in [-0.1, -0.05) is 17.7 Å². The summed E-state index contributed by atoms with van der Waals surface area (Å²) in [6, 6.07) is 5.57. The third-order valence-electron chi connectivity index (χ3n) is 2.34. The molecule has 4 heteroatoms. The summed E-state index contributed by atoms with van der Waals surface area (Å²) in [4.78, 5) is 1.98. The fourth-order valence-electron chi connectivity index (χ4n) is 1.39. The second-order valence-corrected chi connectivity index (χ2v) is 4.13. The van der Waals surface area contributed by atoms with Crippen LogP contribution >= 0.6 is 11.6 Å². The normalized spacial score (nSPS) is 12.6. The lowest BCUT2D eigenvalue weighted by atomic mass is 10.0. The molecule has 0 fully saturated rings. The highest BCUT2D eigenvalue weighted by molar-refractivity contribution is 6.31. The Morgan fingerprint density at radius 2 is 2.13 bits per heavy atom. The smallest absolute Gasteiger partial charge is 0.0474 e. The molecule has 0 spiro atoms. The fourth-order valence-corrected chi connectivity index (χ4v) is 1.70. The van der Waals surface area contributed by atoms with Gasteiger partial charge in [0.1, 0.15) is 0 Å². The van der Waals surface area contributed by atoms with Crippen LogP contribution in [0, 0.1) is 0 Å². The molecule has 0 aliphatic rings. The zero-order chi connectivity index (χ0) is 11.4. The highest BCUT2D eigenvalue weighted by atomic mass is 35.5. The van der Waals surface area contributed by atoms with Crippen LogP contribution in [0.3, 0.4) is 0 Å². The van der Waals surface area contributed by atoms with Gasteiger partial charge < -0.3 is 15.7 Å². The molecule has 1 atom stereocenters. The second-order valence-electron chi connectivity index (χ2n) is 3.72. The lowest BCUT2D eigenvalue weighted by Crippen LogP contribution is -2.13. The van der Waals surface area contributed by atoms with Crippen LogP contribution in [0.1, 0.15) is 18.0 Å². The van der Waals surface area contributed by atoms with Crippen molar-refractivity contribution in [1.82, 2.24) is 0 Å². The Labute approximate surface area is 95.5 Å². The molecule has 0 unspecified atom stereocenters. The van der Waals surface area contributed by atoms with Gasteiger partial charge >= 0.3 is 0 Å². The Kier molecular flexibility index (Phi) is 4.39. The number of aliphatic hydroxyl groups is 1. The summed E-state index contributed by atoms with van der Waals surface area (Å²) in [6.07, 6.45) is 0.529. The molecule has 3 nitrogen and oxygen atoms in total. The van der Waals surface area contributed by atoms with Crippen LogP contribution in [0.4, 0.5) is 5.69 Å². The lowest BCUT2D eigenvalue weighted by molar-refractivity contribution is 0.276. The van der Waals surface area contributed by atoms with E-state index in [1.807, 2.05) is 37.2 Å². The summed E-state index contributed by atoms with van der Waals surface area (Å²) >= 11 is 6.12. The third kappa shape index (κ3) is 3.09. The Morgan fingerprint density at radius 1 is 1.47 bits per heavy atom. The molecule has 3 N–H and O–H groups in total. The number of benzene rings is 1. The molecule has 0 aliphatic heterocycles. The van der Waals surface area contributed by atoms with Gasteiger partial charge in [0.15, 0.2) is 0 Å². The molecular weight excluding hydrogens is 212 g/mol. The van der Waals surface area contributed by atoms with Gasteiger partial charge in [-0.05, 0) is 24.1 Å². The minimum atomic E-state index is -0.196. The second kappa shape index (κ2) is 5.35. The number of hydrogen-bond acceptors (Lipinski definition) is 3. The number of aliphatic hydroxyl groups excluding tert-OH is 1. The van der Waals surface area contributed by atoms with Crippen molar-refractivity contribution in [3.05, 3.63) is 28.8 Å². The molecule has 15 heavy (non-hydrogen) atoms. The zero-order valence-electron chi connectivity index (χ0n) is 9.07. The molecule has 0 aliphatic carbocycles. The van der Waals surface area contributed by atoms with Gasteiger partial charge in [0.25, 0.3) is 0 Å². The van der Waals surface area contributed by atoms with Crippen LogP contribution < -0.4 is 10.6 Å². The minimum Gasteiger partial charge on any atom is -0.396 e. The third-order valence-corrected chi connectivity index (χ3v) is 2.67. The number of anilines is 1. The Balaban J connectivity index is 2.92. The van der Waals surface area contributed by atoms with E-state index in [9.17, 15) is 0 Å². The van der Waals surface area contributed by atoms with Gasteiger partial charge in [-0.3, -0.25) is 0 Å². The molecule has 0 radical (unpaired) electrons.